The van der Waals surface area contributed by atoms with Gasteiger partial charge in [-0.1, -0.05) is 13.8 Å². The lowest BCUT2D eigenvalue weighted by molar-refractivity contribution is 0.100. The minimum atomic E-state index is -0.570. The maximum Gasteiger partial charge on any atom is 0.248 e. The van der Waals surface area contributed by atoms with Crippen LogP contribution in [0.25, 0.3) is 16.7 Å². The Morgan fingerprint density at radius 2 is 2.12 bits per heavy atom. The largest absolute Gasteiger partial charge is 0.366 e. The van der Waals surface area contributed by atoms with E-state index in [4.69, 9.17) is 5.73 Å². The van der Waals surface area contributed by atoms with Gasteiger partial charge >= 0.3 is 0 Å². The number of rotatable bonds is 3. The molecular formula is C17H14IN5O. The Bertz CT molecular complexity index is 1000. The number of fused-ring (bicyclic) bond motifs is 1. The van der Waals surface area contributed by atoms with E-state index in [0.29, 0.717) is 22.5 Å². The zero-order valence-corrected chi connectivity index (χ0v) is 15.3. The molecule has 0 aliphatic heterocycles. The first-order chi connectivity index (χ1) is 11.4. The van der Waals surface area contributed by atoms with Crippen molar-refractivity contribution in [2.45, 2.75) is 19.8 Å². The van der Waals surface area contributed by atoms with Crippen LogP contribution in [0.15, 0.2) is 30.5 Å². The lowest BCUT2D eigenvalue weighted by Gasteiger charge is -2.06. The van der Waals surface area contributed by atoms with E-state index in [1.54, 1.807) is 23.0 Å². The molecule has 0 saturated heterocycles. The van der Waals surface area contributed by atoms with E-state index >= 15 is 0 Å². The van der Waals surface area contributed by atoms with Crippen molar-refractivity contribution in [3.05, 3.63) is 50.9 Å². The van der Waals surface area contributed by atoms with Gasteiger partial charge in [-0.2, -0.15) is 10.4 Å². The monoisotopic (exact) mass is 431 g/mol. The van der Waals surface area contributed by atoms with Gasteiger partial charge in [0.05, 0.1) is 22.3 Å². The summed E-state index contributed by atoms with van der Waals surface area (Å²) in [4.78, 5) is 15.8. The lowest BCUT2D eigenvalue weighted by atomic mass is 10.1. The smallest absolute Gasteiger partial charge is 0.248 e. The van der Waals surface area contributed by atoms with Crippen LogP contribution < -0.4 is 5.73 Å². The highest BCUT2D eigenvalue weighted by Crippen LogP contribution is 2.30. The van der Waals surface area contributed by atoms with Gasteiger partial charge in [0.25, 0.3) is 0 Å². The lowest BCUT2D eigenvalue weighted by Crippen LogP contribution is -2.12. The number of pyridine rings is 1. The minimum absolute atomic E-state index is 0.210. The highest BCUT2D eigenvalue weighted by molar-refractivity contribution is 14.1. The van der Waals surface area contributed by atoms with Crippen LogP contribution in [0.2, 0.25) is 0 Å². The van der Waals surface area contributed by atoms with Crippen molar-refractivity contribution >= 4 is 39.5 Å². The van der Waals surface area contributed by atoms with E-state index in [1.807, 2.05) is 6.07 Å². The number of aromatic nitrogens is 3. The van der Waals surface area contributed by atoms with Crippen molar-refractivity contribution in [2.75, 3.05) is 0 Å². The summed E-state index contributed by atoms with van der Waals surface area (Å²) in [7, 11) is 0. The van der Waals surface area contributed by atoms with Crippen molar-refractivity contribution in [3.8, 4) is 11.8 Å². The van der Waals surface area contributed by atoms with Crippen LogP contribution >= 0.6 is 22.6 Å². The van der Waals surface area contributed by atoms with Crippen molar-refractivity contribution in [1.29, 1.82) is 5.26 Å². The molecule has 3 aromatic rings. The molecule has 3 rings (SSSR count). The third-order valence-electron chi connectivity index (χ3n) is 3.72. The molecule has 2 N–H and O–H groups in total. The fraction of sp³-hybridized carbons (Fsp3) is 0.176. The van der Waals surface area contributed by atoms with Crippen LogP contribution in [0.4, 0.5) is 0 Å². The summed E-state index contributed by atoms with van der Waals surface area (Å²) in [5.74, 6) is -0.360. The maximum atomic E-state index is 11.3. The molecule has 24 heavy (non-hydrogen) atoms. The number of nitriles is 1. The van der Waals surface area contributed by atoms with Crippen LogP contribution in [-0.2, 0) is 0 Å². The Labute approximate surface area is 152 Å². The third kappa shape index (κ3) is 2.63. The second-order valence-electron chi connectivity index (χ2n) is 5.65. The summed E-state index contributed by atoms with van der Waals surface area (Å²) in [5, 5.41) is 15.1. The second-order valence-corrected chi connectivity index (χ2v) is 6.81. The predicted molar refractivity (Wildman–Crippen MR) is 98.9 cm³/mol. The van der Waals surface area contributed by atoms with Gasteiger partial charge in [-0.15, -0.1) is 0 Å². The Morgan fingerprint density at radius 3 is 2.75 bits per heavy atom. The van der Waals surface area contributed by atoms with Gasteiger partial charge in [0.1, 0.15) is 6.07 Å². The van der Waals surface area contributed by atoms with Crippen molar-refractivity contribution < 1.29 is 4.79 Å². The Balaban J connectivity index is 2.34. The fourth-order valence-corrected chi connectivity index (χ4v) is 3.24. The molecule has 0 aliphatic carbocycles. The number of hydrogen-bond donors (Lipinski definition) is 1. The Kier molecular flexibility index (Phi) is 4.24. The summed E-state index contributed by atoms with van der Waals surface area (Å²) in [6.07, 6.45) is 1.72. The molecule has 1 aromatic carbocycles. The number of primary amides is 1. The standard InChI is InChI=1S/C17H14IN5O/c1-9(2)15-14-12(18)5-6-21-17(14)23(22-15)13-4-3-10(16(20)24)7-11(13)8-19/h3-7,9H,1-2H3,(H2,20,24). The molecular weight excluding hydrogens is 417 g/mol. The molecule has 1 amide bonds. The summed E-state index contributed by atoms with van der Waals surface area (Å²) < 4.78 is 2.72. The van der Waals surface area contributed by atoms with Gasteiger partial charge in [-0.3, -0.25) is 4.79 Å². The predicted octanol–water partition coefficient (Wildman–Crippen LogP) is 3.12. The van der Waals surface area contributed by atoms with E-state index in [-0.39, 0.29) is 5.92 Å². The van der Waals surface area contributed by atoms with E-state index in [2.05, 4.69) is 52.6 Å². The van der Waals surface area contributed by atoms with Gasteiger partial charge < -0.3 is 5.73 Å². The molecule has 0 fully saturated rings. The van der Waals surface area contributed by atoms with E-state index in [1.165, 1.54) is 6.07 Å². The van der Waals surface area contributed by atoms with E-state index in [0.717, 1.165) is 14.7 Å². The van der Waals surface area contributed by atoms with Crippen LogP contribution in [0, 0.1) is 14.9 Å². The maximum absolute atomic E-state index is 11.3. The first-order valence-electron chi connectivity index (χ1n) is 7.31. The zero-order valence-electron chi connectivity index (χ0n) is 13.1. The molecule has 0 radical (unpaired) electrons. The molecule has 0 saturated carbocycles. The Hall–Kier alpha value is -2.47. The van der Waals surface area contributed by atoms with Gasteiger partial charge in [0.2, 0.25) is 5.91 Å². The molecule has 120 valence electrons. The zero-order chi connectivity index (χ0) is 17.4. The summed E-state index contributed by atoms with van der Waals surface area (Å²) >= 11 is 2.26. The van der Waals surface area contributed by atoms with Gasteiger partial charge in [0.15, 0.2) is 5.65 Å². The fourth-order valence-electron chi connectivity index (χ4n) is 2.57. The van der Waals surface area contributed by atoms with Crippen molar-refractivity contribution in [3.63, 3.8) is 0 Å². The average Bonchev–Trinajstić information content (AvgIpc) is 2.95. The van der Waals surface area contributed by atoms with E-state index in [9.17, 15) is 10.1 Å². The number of carbonyl (C=O) groups excluding carboxylic acids is 1. The highest BCUT2D eigenvalue weighted by atomic mass is 127. The van der Waals surface area contributed by atoms with E-state index < -0.39 is 5.91 Å². The number of benzene rings is 1. The van der Waals surface area contributed by atoms with Gasteiger partial charge in [0, 0.05) is 15.3 Å². The number of carbonyl (C=O) groups is 1. The van der Waals surface area contributed by atoms with Crippen LogP contribution in [0.1, 0.15) is 41.4 Å². The van der Waals surface area contributed by atoms with Gasteiger partial charge in [-0.25, -0.2) is 9.67 Å². The number of halogens is 1. The molecule has 2 heterocycles. The summed E-state index contributed by atoms with van der Waals surface area (Å²) in [6.45, 7) is 4.13. The van der Waals surface area contributed by atoms with Crippen LogP contribution in [0.3, 0.4) is 0 Å². The first kappa shape index (κ1) is 16.4. The first-order valence-corrected chi connectivity index (χ1v) is 8.39. The van der Waals surface area contributed by atoms with Gasteiger partial charge in [-0.05, 0) is 52.8 Å². The van der Waals surface area contributed by atoms with Crippen LogP contribution in [-0.4, -0.2) is 20.7 Å². The molecule has 0 unspecified atom stereocenters. The molecule has 2 aromatic heterocycles. The highest BCUT2D eigenvalue weighted by Gasteiger charge is 2.19. The molecule has 7 heteroatoms. The van der Waals surface area contributed by atoms with Crippen LogP contribution in [0.5, 0.6) is 0 Å². The summed E-state index contributed by atoms with van der Waals surface area (Å²) in [6, 6.07) is 8.79. The number of hydrogen-bond acceptors (Lipinski definition) is 4. The molecule has 0 atom stereocenters. The topological polar surface area (TPSA) is 97.6 Å². The average molecular weight is 431 g/mol. The molecule has 0 spiro atoms. The Morgan fingerprint density at radius 1 is 1.38 bits per heavy atom. The van der Waals surface area contributed by atoms with Crippen molar-refractivity contribution in [2.24, 2.45) is 5.73 Å². The van der Waals surface area contributed by atoms with Crippen molar-refractivity contribution in [1.82, 2.24) is 14.8 Å². The molecule has 6 nitrogen and oxygen atoms in total. The quantitative estimate of drug-likeness (QED) is 0.645. The normalized spacial score (nSPS) is 11.0. The second kappa shape index (κ2) is 6.20. The minimum Gasteiger partial charge on any atom is -0.366 e. The molecule has 0 bridgehead atoms. The number of nitrogens with zero attached hydrogens (tertiary/aromatic N) is 4. The molecule has 0 aliphatic rings. The number of amides is 1. The number of nitrogens with two attached hydrogens (primary N) is 1. The SMILES string of the molecule is CC(C)c1nn(-c2ccc(C(N)=O)cc2C#N)c2nccc(I)c12. The third-order valence-corrected chi connectivity index (χ3v) is 4.62. The summed E-state index contributed by atoms with van der Waals surface area (Å²) in [5.41, 5.74) is 8.10.